The second-order valence-corrected chi connectivity index (χ2v) is 8.11. The zero-order chi connectivity index (χ0) is 16.2. The molecule has 0 amide bonds. The van der Waals surface area contributed by atoms with Crippen molar-refractivity contribution in [2.45, 2.75) is 24.7 Å². The average Bonchev–Trinajstić information content (AvgIpc) is 2.70. The predicted molar refractivity (Wildman–Crippen MR) is 88.1 cm³/mol. The van der Waals surface area contributed by atoms with Crippen LogP contribution in [0.4, 0.5) is 10.7 Å². The summed E-state index contributed by atoms with van der Waals surface area (Å²) < 4.78 is 23.8. The van der Waals surface area contributed by atoms with Crippen LogP contribution >= 0.6 is 11.3 Å². The van der Waals surface area contributed by atoms with Gasteiger partial charge in [-0.05, 0) is 27.1 Å². The highest BCUT2D eigenvalue weighted by molar-refractivity contribution is 7.91. The van der Waals surface area contributed by atoms with Crippen molar-refractivity contribution in [3.05, 3.63) is 4.88 Å². The highest BCUT2D eigenvalue weighted by Gasteiger charge is 2.26. The van der Waals surface area contributed by atoms with Crippen molar-refractivity contribution in [3.8, 4) is 0 Å². The summed E-state index contributed by atoms with van der Waals surface area (Å²) in [5.41, 5.74) is 5.95. The first kappa shape index (κ1) is 17.9. The third kappa shape index (κ3) is 4.69. The molecule has 0 unspecified atom stereocenters. The Hall–Kier alpha value is -1.12. The van der Waals surface area contributed by atoms with E-state index in [2.05, 4.69) is 5.32 Å². The molecule has 3 N–H and O–H groups in total. The molecule has 0 bridgehead atoms. The zero-order valence-corrected chi connectivity index (χ0v) is 14.5. The van der Waals surface area contributed by atoms with Gasteiger partial charge in [-0.3, -0.25) is 4.79 Å². The fourth-order valence-electron chi connectivity index (χ4n) is 1.88. The maximum atomic E-state index is 11.9. The first-order valence-electron chi connectivity index (χ1n) is 6.72. The van der Waals surface area contributed by atoms with Crippen molar-refractivity contribution in [2.24, 2.45) is 0 Å². The van der Waals surface area contributed by atoms with Gasteiger partial charge in [-0.25, -0.2) is 8.42 Å². The molecule has 1 heterocycles. The van der Waals surface area contributed by atoms with E-state index in [1.165, 1.54) is 0 Å². The van der Waals surface area contributed by atoms with Crippen LogP contribution < -0.4 is 11.1 Å². The zero-order valence-electron chi connectivity index (χ0n) is 12.9. The van der Waals surface area contributed by atoms with Crippen molar-refractivity contribution >= 4 is 37.6 Å². The first-order chi connectivity index (χ1) is 9.68. The third-order valence-corrected chi connectivity index (χ3v) is 5.41. The molecule has 1 aromatic heterocycles. The Kier molecular flexibility index (Phi) is 6.18. The largest absolute Gasteiger partial charge is 0.396 e. The molecule has 0 fully saturated rings. The lowest BCUT2D eigenvalue weighted by Crippen LogP contribution is -2.16. The van der Waals surface area contributed by atoms with Gasteiger partial charge >= 0.3 is 0 Å². The number of Topliss-reactive ketones (excluding diaryl/α,β-unsaturated/α-hetero) is 1. The Morgan fingerprint density at radius 3 is 2.48 bits per heavy atom. The summed E-state index contributed by atoms with van der Waals surface area (Å²) in [6, 6.07) is 0. The van der Waals surface area contributed by atoms with Crippen molar-refractivity contribution in [2.75, 3.05) is 44.5 Å². The van der Waals surface area contributed by atoms with Crippen LogP contribution in [-0.2, 0) is 9.84 Å². The number of carbonyl (C=O) groups excluding carboxylic acids is 1. The molecule has 1 aromatic rings. The quantitative estimate of drug-likeness (QED) is 0.555. The molecule has 8 heteroatoms. The lowest BCUT2D eigenvalue weighted by Gasteiger charge is -2.10. The molecular weight excluding hydrogens is 310 g/mol. The van der Waals surface area contributed by atoms with E-state index in [1.807, 2.05) is 19.0 Å². The summed E-state index contributed by atoms with van der Waals surface area (Å²) in [5, 5.41) is 3.56. The number of nitrogens with one attached hydrogen (secondary N) is 1. The van der Waals surface area contributed by atoms with E-state index in [4.69, 9.17) is 5.73 Å². The van der Waals surface area contributed by atoms with Crippen LogP contribution in [0.25, 0.3) is 0 Å². The standard InChI is InChI=1S/C13H23N3O3S2/c1-5-9(17)11-10(14)12(21(4,18)19)13(20-11)15-7-6-8-16(2)3/h15H,5-8,14H2,1-4H3. The van der Waals surface area contributed by atoms with Crippen LogP contribution in [0.1, 0.15) is 29.4 Å². The van der Waals surface area contributed by atoms with Crippen molar-refractivity contribution < 1.29 is 13.2 Å². The van der Waals surface area contributed by atoms with E-state index in [0.717, 1.165) is 30.6 Å². The Morgan fingerprint density at radius 1 is 1.38 bits per heavy atom. The highest BCUT2D eigenvalue weighted by Crippen LogP contribution is 2.39. The van der Waals surface area contributed by atoms with Gasteiger partial charge in [-0.2, -0.15) is 0 Å². The molecule has 0 saturated heterocycles. The van der Waals surface area contributed by atoms with E-state index < -0.39 is 9.84 Å². The number of anilines is 2. The van der Waals surface area contributed by atoms with Crippen LogP contribution in [0, 0.1) is 0 Å². The van der Waals surface area contributed by atoms with Crippen LogP contribution in [0.2, 0.25) is 0 Å². The van der Waals surface area contributed by atoms with Crippen molar-refractivity contribution in [3.63, 3.8) is 0 Å². The minimum Gasteiger partial charge on any atom is -0.396 e. The second kappa shape index (κ2) is 7.24. The fourth-order valence-corrected chi connectivity index (χ4v) is 4.48. The monoisotopic (exact) mass is 333 g/mol. The van der Waals surface area contributed by atoms with Crippen molar-refractivity contribution in [1.29, 1.82) is 0 Å². The van der Waals surface area contributed by atoms with Crippen molar-refractivity contribution in [1.82, 2.24) is 4.90 Å². The van der Waals surface area contributed by atoms with Crippen LogP contribution in [0.15, 0.2) is 4.90 Å². The minimum absolute atomic E-state index is 0.0501. The van der Waals surface area contributed by atoms with E-state index >= 15 is 0 Å². The van der Waals surface area contributed by atoms with Gasteiger partial charge in [0.15, 0.2) is 15.6 Å². The topological polar surface area (TPSA) is 92.5 Å². The number of ketones is 1. The average molecular weight is 333 g/mol. The van der Waals surface area contributed by atoms with Gasteiger partial charge in [0.05, 0.1) is 10.6 Å². The molecule has 0 aromatic carbocycles. The molecule has 0 aliphatic carbocycles. The van der Waals surface area contributed by atoms with Gasteiger partial charge in [0.1, 0.15) is 9.90 Å². The lowest BCUT2D eigenvalue weighted by atomic mass is 10.2. The molecule has 0 aliphatic heterocycles. The number of nitrogens with two attached hydrogens (primary N) is 1. The molecular formula is C13H23N3O3S2. The number of nitrogen functional groups attached to an aromatic ring is 1. The van der Waals surface area contributed by atoms with Gasteiger partial charge in [0, 0.05) is 19.2 Å². The Morgan fingerprint density at radius 2 is 2.00 bits per heavy atom. The summed E-state index contributed by atoms with van der Waals surface area (Å²) >= 11 is 1.13. The molecule has 0 aliphatic rings. The van der Waals surface area contributed by atoms with Crippen LogP contribution in [0.5, 0.6) is 0 Å². The Bertz CT molecular complexity index is 606. The van der Waals surface area contributed by atoms with E-state index in [-0.39, 0.29) is 16.4 Å². The number of rotatable bonds is 8. The molecule has 0 radical (unpaired) electrons. The van der Waals surface area contributed by atoms with Crippen LogP contribution in [0.3, 0.4) is 0 Å². The van der Waals surface area contributed by atoms with Gasteiger partial charge in [-0.15, -0.1) is 11.3 Å². The molecule has 120 valence electrons. The van der Waals surface area contributed by atoms with E-state index in [1.54, 1.807) is 6.92 Å². The van der Waals surface area contributed by atoms with Crippen LogP contribution in [-0.4, -0.2) is 52.5 Å². The number of hydrogen-bond acceptors (Lipinski definition) is 7. The van der Waals surface area contributed by atoms with Gasteiger partial charge in [0.2, 0.25) is 0 Å². The number of thiophene rings is 1. The predicted octanol–water partition coefficient (Wildman–Crippen LogP) is 1.69. The number of carbonyl (C=O) groups is 1. The van der Waals surface area contributed by atoms with E-state index in [9.17, 15) is 13.2 Å². The summed E-state index contributed by atoms with van der Waals surface area (Å²) in [5.74, 6) is -0.135. The van der Waals surface area contributed by atoms with Gasteiger partial charge in [0.25, 0.3) is 0 Å². The summed E-state index contributed by atoms with van der Waals surface area (Å²) in [4.78, 5) is 14.3. The van der Waals surface area contributed by atoms with Gasteiger partial charge < -0.3 is 16.0 Å². The molecule has 1 rings (SSSR count). The summed E-state index contributed by atoms with van der Waals surface area (Å²) in [6.07, 6.45) is 2.27. The third-order valence-electron chi connectivity index (χ3n) is 2.91. The number of sulfone groups is 1. The minimum atomic E-state index is -3.48. The summed E-state index contributed by atoms with van der Waals surface area (Å²) in [7, 11) is 0.472. The Labute approximate surface area is 130 Å². The maximum absolute atomic E-state index is 11.9. The van der Waals surface area contributed by atoms with Gasteiger partial charge in [-0.1, -0.05) is 6.92 Å². The molecule has 21 heavy (non-hydrogen) atoms. The maximum Gasteiger partial charge on any atom is 0.180 e. The Balaban J connectivity index is 3.04. The second-order valence-electron chi connectivity index (χ2n) is 5.14. The number of hydrogen-bond donors (Lipinski definition) is 2. The smallest absolute Gasteiger partial charge is 0.180 e. The molecule has 0 saturated carbocycles. The highest BCUT2D eigenvalue weighted by atomic mass is 32.2. The SMILES string of the molecule is CCC(=O)c1sc(NCCCN(C)C)c(S(C)(=O)=O)c1N. The van der Waals surface area contributed by atoms with E-state index in [0.29, 0.717) is 22.8 Å². The molecule has 0 spiro atoms. The number of nitrogens with zero attached hydrogens (tertiary/aromatic N) is 1. The lowest BCUT2D eigenvalue weighted by molar-refractivity contribution is 0.0992. The molecule has 6 nitrogen and oxygen atoms in total. The fraction of sp³-hybridized carbons (Fsp3) is 0.615. The summed E-state index contributed by atoms with van der Waals surface area (Å²) in [6.45, 7) is 3.25. The normalized spacial score (nSPS) is 11.9. The molecule has 0 atom stereocenters. The first-order valence-corrected chi connectivity index (χ1v) is 9.43.